The van der Waals surface area contributed by atoms with Crippen LogP contribution in [0.4, 0.5) is 10.1 Å². The molecule has 3 rings (SSSR count). The summed E-state index contributed by atoms with van der Waals surface area (Å²) >= 11 is 5.90. The van der Waals surface area contributed by atoms with Crippen molar-refractivity contribution in [1.82, 2.24) is 9.80 Å². The van der Waals surface area contributed by atoms with E-state index in [1.807, 2.05) is 12.1 Å². The van der Waals surface area contributed by atoms with Crippen molar-refractivity contribution in [1.29, 1.82) is 0 Å². The summed E-state index contributed by atoms with van der Waals surface area (Å²) in [5.41, 5.74) is 0.620. The minimum Gasteiger partial charge on any atom is -0.367 e. The first-order chi connectivity index (χ1) is 12.5. The van der Waals surface area contributed by atoms with Gasteiger partial charge in [-0.1, -0.05) is 17.7 Å². The van der Waals surface area contributed by atoms with Gasteiger partial charge in [0.2, 0.25) is 0 Å². The number of piperazine rings is 1. The van der Waals surface area contributed by atoms with Gasteiger partial charge in [0.1, 0.15) is 5.78 Å². The van der Waals surface area contributed by atoms with E-state index in [9.17, 15) is 9.18 Å². The molecule has 0 atom stereocenters. The Morgan fingerprint density at radius 2 is 1.81 bits per heavy atom. The van der Waals surface area contributed by atoms with Crippen molar-refractivity contribution < 1.29 is 9.18 Å². The van der Waals surface area contributed by atoms with E-state index >= 15 is 0 Å². The van der Waals surface area contributed by atoms with Crippen LogP contribution in [0.15, 0.2) is 18.2 Å². The van der Waals surface area contributed by atoms with Crippen molar-refractivity contribution in [3.05, 3.63) is 29.0 Å². The van der Waals surface area contributed by atoms with Crippen LogP contribution in [0.2, 0.25) is 5.02 Å². The zero-order chi connectivity index (χ0) is 18.5. The van der Waals surface area contributed by atoms with Gasteiger partial charge in [-0.05, 0) is 63.9 Å². The molecule has 2 fully saturated rings. The third-order valence-electron chi connectivity index (χ3n) is 5.65. The van der Waals surface area contributed by atoms with Crippen molar-refractivity contribution in [3.63, 3.8) is 0 Å². The molecule has 1 aromatic carbocycles. The number of carbonyl (C=O) groups excluding carboxylic acids is 1. The Hall–Kier alpha value is -1.17. The number of carbonyl (C=O) groups is 1. The van der Waals surface area contributed by atoms with Crippen LogP contribution in [0.3, 0.4) is 0 Å². The minimum absolute atomic E-state index is 0.195. The smallest absolute Gasteiger partial charge is 0.165 e. The van der Waals surface area contributed by atoms with Gasteiger partial charge in [-0.25, -0.2) is 4.39 Å². The summed E-state index contributed by atoms with van der Waals surface area (Å²) in [5.74, 6) is 0.721. The fraction of sp³-hybridized carbons (Fsp3) is 0.650. The van der Waals surface area contributed by atoms with Crippen molar-refractivity contribution in [2.75, 3.05) is 57.3 Å². The van der Waals surface area contributed by atoms with Crippen LogP contribution in [-0.2, 0) is 4.79 Å². The molecular formula is C20H29ClFN3O. The zero-order valence-electron chi connectivity index (χ0n) is 15.6. The first kappa shape index (κ1) is 19.6. The van der Waals surface area contributed by atoms with Crippen LogP contribution in [0, 0.1) is 11.7 Å². The van der Waals surface area contributed by atoms with E-state index in [-0.39, 0.29) is 16.6 Å². The average molecular weight is 382 g/mol. The van der Waals surface area contributed by atoms with Crippen LogP contribution in [0.1, 0.15) is 26.2 Å². The maximum Gasteiger partial charge on any atom is 0.165 e. The number of rotatable bonds is 6. The van der Waals surface area contributed by atoms with Crippen LogP contribution >= 0.6 is 11.6 Å². The summed E-state index contributed by atoms with van der Waals surface area (Å²) in [6.07, 6.45) is 3.61. The summed E-state index contributed by atoms with van der Waals surface area (Å²) in [4.78, 5) is 18.1. The zero-order valence-corrected chi connectivity index (χ0v) is 16.3. The normalized spacial score (nSPS) is 20.5. The predicted molar refractivity (Wildman–Crippen MR) is 105 cm³/mol. The Labute approximate surface area is 160 Å². The largest absolute Gasteiger partial charge is 0.367 e. The van der Waals surface area contributed by atoms with E-state index in [1.54, 1.807) is 13.0 Å². The number of piperidine rings is 1. The molecule has 4 nitrogen and oxygen atoms in total. The molecule has 0 amide bonds. The Kier molecular flexibility index (Phi) is 6.90. The highest BCUT2D eigenvalue weighted by molar-refractivity contribution is 6.31. The van der Waals surface area contributed by atoms with E-state index in [1.165, 1.54) is 19.3 Å². The van der Waals surface area contributed by atoms with Crippen molar-refractivity contribution >= 4 is 23.1 Å². The van der Waals surface area contributed by atoms with Gasteiger partial charge < -0.3 is 4.90 Å². The molecule has 1 aromatic rings. The molecule has 0 spiro atoms. The van der Waals surface area contributed by atoms with E-state index in [2.05, 4.69) is 14.7 Å². The Bertz CT molecular complexity index is 611. The summed E-state index contributed by atoms with van der Waals surface area (Å²) in [6, 6.07) is 5.22. The highest BCUT2D eigenvalue weighted by atomic mass is 35.5. The van der Waals surface area contributed by atoms with Gasteiger partial charge in [0, 0.05) is 26.2 Å². The third kappa shape index (κ3) is 5.18. The van der Waals surface area contributed by atoms with E-state index in [4.69, 9.17) is 11.6 Å². The molecule has 0 N–H and O–H groups in total. The first-order valence-electron chi connectivity index (χ1n) is 9.66. The molecule has 2 aliphatic rings. The molecule has 0 saturated carbocycles. The predicted octanol–water partition coefficient (Wildman–Crippen LogP) is 3.29. The molecule has 2 aliphatic heterocycles. The number of benzene rings is 1. The van der Waals surface area contributed by atoms with Gasteiger partial charge in [-0.15, -0.1) is 0 Å². The number of hydrogen-bond acceptors (Lipinski definition) is 4. The maximum absolute atomic E-state index is 14.2. The van der Waals surface area contributed by atoms with E-state index in [0.717, 1.165) is 51.7 Å². The first-order valence-corrected chi connectivity index (χ1v) is 10.0. The molecule has 6 heteroatoms. The molecule has 0 radical (unpaired) electrons. The molecule has 26 heavy (non-hydrogen) atoms. The van der Waals surface area contributed by atoms with Crippen molar-refractivity contribution in [2.24, 2.45) is 5.92 Å². The van der Waals surface area contributed by atoms with Crippen LogP contribution < -0.4 is 4.90 Å². The Balaban J connectivity index is 1.38. The van der Waals surface area contributed by atoms with Gasteiger partial charge in [0.25, 0.3) is 0 Å². The summed E-state index contributed by atoms with van der Waals surface area (Å²) in [7, 11) is 0. The fourth-order valence-corrected chi connectivity index (χ4v) is 4.23. The van der Waals surface area contributed by atoms with Crippen molar-refractivity contribution in [2.45, 2.75) is 26.2 Å². The van der Waals surface area contributed by atoms with Gasteiger partial charge in [-0.3, -0.25) is 14.6 Å². The second-order valence-corrected chi connectivity index (χ2v) is 8.02. The Morgan fingerprint density at radius 1 is 1.12 bits per heavy atom. The molecule has 144 valence electrons. The van der Waals surface area contributed by atoms with E-state index < -0.39 is 0 Å². The molecule has 2 saturated heterocycles. The maximum atomic E-state index is 14.2. The molecule has 0 bridgehead atoms. The fourth-order valence-electron chi connectivity index (χ4n) is 4.06. The molecule has 0 aromatic heterocycles. The number of nitrogens with zero attached hydrogens (tertiary/aromatic N) is 3. The second kappa shape index (κ2) is 9.16. The number of hydrogen-bond donors (Lipinski definition) is 0. The van der Waals surface area contributed by atoms with E-state index in [0.29, 0.717) is 12.2 Å². The number of halogens is 2. The lowest BCUT2D eigenvalue weighted by Gasteiger charge is -2.37. The molecule has 0 unspecified atom stereocenters. The highest BCUT2D eigenvalue weighted by Gasteiger charge is 2.23. The SMILES string of the molecule is CC(=O)CN1CCC(CCN2CCN(c3cccc(Cl)c3F)CC2)CC1. The topological polar surface area (TPSA) is 26.8 Å². The third-order valence-corrected chi connectivity index (χ3v) is 5.94. The van der Waals surface area contributed by atoms with Crippen LogP contribution in [-0.4, -0.2) is 67.9 Å². The van der Waals surface area contributed by atoms with Crippen molar-refractivity contribution in [3.8, 4) is 0 Å². The number of Topliss-reactive ketones (excluding diaryl/α,β-unsaturated/α-hetero) is 1. The number of likely N-dealkylation sites (tertiary alicyclic amines) is 1. The van der Waals surface area contributed by atoms with Crippen LogP contribution in [0.5, 0.6) is 0 Å². The lowest BCUT2D eigenvalue weighted by molar-refractivity contribution is -0.118. The Morgan fingerprint density at radius 3 is 2.46 bits per heavy atom. The molecule has 0 aliphatic carbocycles. The quantitative estimate of drug-likeness (QED) is 0.755. The molecular weight excluding hydrogens is 353 g/mol. The lowest BCUT2D eigenvalue weighted by Crippen LogP contribution is -2.47. The summed E-state index contributed by atoms with van der Waals surface area (Å²) in [6.45, 7) is 9.10. The van der Waals surface area contributed by atoms with Gasteiger partial charge in [0.15, 0.2) is 5.82 Å². The van der Waals surface area contributed by atoms with Crippen LogP contribution in [0.25, 0.3) is 0 Å². The summed E-state index contributed by atoms with van der Waals surface area (Å²) in [5, 5.41) is 0.195. The standard InChI is InChI=1S/C20H29ClFN3O/c1-16(26)15-24-9-6-17(7-10-24)5-8-23-11-13-25(14-12-23)19-4-2-3-18(21)20(19)22/h2-4,17H,5-15H2,1H3. The van der Waals surface area contributed by atoms with Gasteiger partial charge >= 0.3 is 0 Å². The van der Waals surface area contributed by atoms with Gasteiger partial charge in [0.05, 0.1) is 17.3 Å². The number of anilines is 1. The summed E-state index contributed by atoms with van der Waals surface area (Å²) < 4.78 is 14.2. The second-order valence-electron chi connectivity index (χ2n) is 7.61. The average Bonchev–Trinajstić information content (AvgIpc) is 2.63. The lowest BCUT2D eigenvalue weighted by atomic mass is 9.93. The number of ketones is 1. The van der Waals surface area contributed by atoms with Gasteiger partial charge in [-0.2, -0.15) is 0 Å². The molecule has 2 heterocycles. The minimum atomic E-state index is -0.306. The highest BCUT2D eigenvalue weighted by Crippen LogP contribution is 2.27. The monoisotopic (exact) mass is 381 g/mol.